The van der Waals surface area contributed by atoms with Crippen molar-refractivity contribution in [3.63, 3.8) is 0 Å². The number of aromatic amines is 1. The smallest absolute Gasteiger partial charge is 0.274 e. The Balaban J connectivity index is 2.63. The maximum absolute atomic E-state index is 13.1. The molecule has 0 unspecified atom stereocenters. The zero-order chi connectivity index (χ0) is 11.5. The molecule has 0 aliphatic heterocycles. The molecule has 0 aliphatic rings. The second-order valence-electron chi connectivity index (χ2n) is 3.07. The number of nitriles is 1. The van der Waals surface area contributed by atoms with Crippen molar-refractivity contribution in [2.45, 2.75) is 0 Å². The zero-order valence-corrected chi connectivity index (χ0v) is 8.07. The van der Waals surface area contributed by atoms with Crippen LogP contribution >= 0.6 is 0 Å². The van der Waals surface area contributed by atoms with Gasteiger partial charge in [-0.15, -0.1) is 0 Å². The molecule has 16 heavy (non-hydrogen) atoms. The molecule has 0 bridgehead atoms. The molecule has 1 heterocycles. The van der Waals surface area contributed by atoms with Gasteiger partial charge in [0.25, 0.3) is 5.56 Å². The van der Waals surface area contributed by atoms with Gasteiger partial charge in [0.2, 0.25) is 0 Å². The molecule has 78 valence electrons. The molecule has 0 radical (unpaired) electrons. The van der Waals surface area contributed by atoms with E-state index in [2.05, 4.69) is 9.97 Å². The molecule has 0 atom stereocenters. The fourth-order valence-corrected chi connectivity index (χ4v) is 1.32. The highest BCUT2D eigenvalue weighted by Crippen LogP contribution is 2.16. The van der Waals surface area contributed by atoms with E-state index in [-0.39, 0.29) is 16.8 Å². The summed E-state index contributed by atoms with van der Waals surface area (Å²) in [7, 11) is 0. The molecule has 0 aliphatic carbocycles. The minimum atomic E-state index is -0.612. The molecule has 1 N–H and O–H groups in total. The predicted octanol–water partition coefficient (Wildman–Crippen LogP) is 1.45. The Bertz CT molecular complexity index is 628. The summed E-state index contributed by atoms with van der Waals surface area (Å²) in [5.74, 6) is -0.612. The van der Waals surface area contributed by atoms with Crippen molar-refractivity contribution in [2.75, 3.05) is 0 Å². The molecular formula is C11H6FN3O. The van der Waals surface area contributed by atoms with Crippen molar-refractivity contribution in [1.29, 1.82) is 5.26 Å². The van der Waals surface area contributed by atoms with Crippen LogP contribution in [0.4, 0.5) is 4.39 Å². The molecule has 0 saturated carbocycles. The quantitative estimate of drug-likeness (QED) is 0.782. The van der Waals surface area contributed by atoms with E-state index >= 15 is 0 Å². The maximum atomic E-state index is 13.1. The first kappa shape index (κ1) is 10.1. The standard InChI is InChI=1S/C11H6FN3O/c12-9-2-1-7(5-8(9)6-13)10-11(16)15-4-3-14-10/h1-5H,(H,15,16). The van der Waals surface area contributed by atoms with Crippen molar-refractivity contribution >= 4 is 0 Å². The lowest BCUT2D eigenvalue weighted by Crippen LogP contribution is -2.09. The fourth-order valence-electron chi connectivity index (χ4n) is 1.32. The molecule has 0 amide bonds. The maximum Gasteiger partial charge on any atom is 0.274 e. The van der Waals surface area contributed by atoms with Gasteiger partial charge in [0, 0.05) is 18.0 Å². The van der Waals surface area contributed by atoms with Crippen molar-refractivity contribution < 1.29 is 4.39 Å². The van der Waals surface area contributed by atoms with Crippen LogP contribution in [-0.4, -0.2) is 9.97 Å². The molecule has 2 rings (SSSR count). The molecule has 0 saturated heterocycles. The van der Waals surface area contributed by atoms with E-state index in [9.17, 15) is 9.18 Å². The third-order valence-corrected chi connectivity index (χ3v) is 2.07. The lowest BCUT2D eigenvalue weighted by molar-refractivity contribution is 0.624. The fraction of sp³-hybridized carbons (Fsp3) is 0. The number of benzene rings is 1. The van der Waals surface area contributed by atoms with Gasteiger partial charge < -0.3 is 4.98 Å². The number of H-pyrrole nitrogens is 1. The summed E-state index contributed by atoms with van der Waals surface area (Å²) in [5.41, 5.74) is 0.0966. The Morgan fingerprint density at radius 1 is 1.44 bits per heavy atom. The summed E-state index contributed by atoms with van der Waals surface area (Å²) in [6.45, 7) is 0. The van der Waals surface area contributed by atoms with Gasteiger partial charge in [0.1, 0.15) is 17.6 Å². The molecular weight excluding hydrogens is 209 g/mol. The van der Waals surface area contributed by atoms with Gasteiger partial charge in [-0.25, -0.2) is 9.37 Å². The van der Waals surface area contributed by atoms with Crippen molar-refractivity contribution in [3.05, 3.63) is 52.3 Å². The van der Waals surface area contributed by atoms with Gasteiger partial charge in [-0.3, -0.25) is 4.79 Å². The topological polar surface area (TPSA) is 69.5 Å². The second-order valence-corrected chi connectivity index (χ2v) is 3.07. The first-order chi connectivity index (χ1) is 7.72. The second kappa shape index (κ2) is 3.95. The van der Waals surface area contributed by atoms with Gasteiger partial charge >= 0.3 is 0 Å². The van der Waals surface area contributed by atoms with E-state index < -0.39 is 5.82 Å². The monoisotopic (exact) mass is 215 g/mol. The molecule has 1 aromatic carbocycles. The van der Waals surface area contributed by atoms with Crippen LogP contribution in [-0.2, 0) is 0 Å². The van der Waals surface area contributed by atoms with E-state index in [0.29, 0.717) is 5.56 Å². The summed E-state index contributed by atoms with van der Waals surface area (Å²) in [5, 5.41) is 8.66. The molecule has 2 aromatic rings. The predicted molar refractivity (Wildman–Crippen MR) is 55.0 cm³/mol. The summed E-state index contributed by atoms with van der Waals surface area (Å²) in [4.78, 5) is 17.7. The van der Waals surface area contributed by atoms with Gasteiger partial charge in [-0.1, -0.05) is 0 Å². The molecule has 4 nitrogen and oxygen atoms in total. The minimum Gasteiger partial charge on any atom is -0.326 e. The third-order valence-electron chi connectivity index (χ3n) is 2.07. The molecule has 0 fully saturated rings. The van der Waals surface area contributed by atoms with Crippen LogP contribution in [0.5, 0.6) is 0 Å². The van der Waals surface area contributed by atoms with Crippen LogP contribution in [0.3, 0.4) is 0 Å². The van der Waals surface area contributed by atoms with Crippen molar-refractivity contribution in [2.24, 2.45) is 0 Å². The van der Waals surface area contributed by atoms with Crippen LogP contribution in [0, 0.1) is 17.1 Å². The number of nitrogens with one attached hydrogen (secondary N) is 1. The van der Waals surface area contributed by atoms with Crippen LogP contribution in [0.25, 0.3) is 11.3 Å². The van der Waals surface area contributed by atoms with Gasteiger partial charge in [-0.05, 0) is 18.2 Å². The summed E-state index contributed by atoms with van der Waals surface area (Å²) in [6, 6.07) is 5.56. The normalized spacial score (nSPS) is 9.75. The average molecular weight is 215 g/mol. The number of halogens is 1. The number of rotatable bonds is 1. The molecule has 0 spiro atoms. The number of aromatic nitrogens is 2. The molecule has 5 heteroatoms. The lowest BCUT2D eigenvalue weighted by atomic mass is 10.1. The van der Waals surface area contributed by atoms with Gasteiger partial charge in [0.05, 0.1) is 5.56 Å². The van der Waals surface area contributed by atoms with Gasteiger partial charge in [0.15, 0.2) is 0 Å². The Hall–Kier alpha value is -2.48. The Morgan fingerprint density at radius 2 is 2.25 bits per heavy atom. The van der Waals surface area contributed by atoms with E-state index in [1.165, 1.54) is 24.5 Å². The van der Waals surface area contributed by atoms with Crippen molar-refractivity contribution in [3.8, 4) is 17.3 Å². The SMILES string of the molecule is N#Cc1cc(-c2ncc[nH]c2=O)ccc1F. The highest BCUT2D eigenvalue weighted by Gasteiger charge is 2.07. The zero-order valence-electron chi connectivity index (χ0n) is 8.07. The van der Waals surface area contributed by atoms with E-state index in [1.54, 1.807) is 6.07 Å². The van der Waals surface area contributed by atoms with E-state index in [1.807, 2.05) is 0 Å². The average Bonchev–Trinajstić information content (AvgIpc) is 2.31. The Labute approximate surface area is 90.0 Å². The summed E-state index contributed by atoms with van der Waals surface area (Å²) >= 11 is 0. The van der Waals surface area contributed by atoms with Crippen molar-refractivity contribution in [1.82, 2.24) is 9.97 Å². The Kier molecular flexibility index (Phi) is 2.48. The number of hydrogen-bond donors (Lipinski definition) is 1. The summed E-state index contributed by atoms with van der Waals surface area (Å²) in [6.07, 6.45) is 2.83. The van der Waals surface area contributed by atoms with Gasteiger partial charge in [-0.2, -0.15) is 5.26 Å². The minimum absolute atomic E-state index is 0.109. The molecule has 1 aromatic heterocycles. The van der Waals surface area contributed by atoms with Crippen LogP contribution < -0.4 is 5.56 Å². The van der Waals surface area contributed by atoms with E-state index in [0.717, 1.165) is 6.07 Å². The first-order valence-electron chi connectivity index (χ1n) is 4.46. The number of nitrogens with zero attached hydrogens (tertiary/aromatic N) is 2. The first-order valence-corrected chi connectivity index (χ1v) is 4.46. The van der Waals surface area contributed by atoms with E-state index in [4.69, 9.17) is 5.26 Å². The van der Waals surface area contributed by atoms with Crippen LogP contribution in [0.15, 0.2) is 35.4 Å². The van der Waals surface area contributed by atoms with Crippen LogP contribution in [0.1, 0.15) is 5.56 Å². The summed E-state index contributed by atoms with van der Waals surface area (Å²) < 4.78 is 13.1. The lowest BCUT2D eigenvalue weighted by Gasteiger charge is -2.00. The number of hydrogen-bond acceptors (Lipinski definition) is 3. The highest BCUT2D eigenvalue weighted by atomic mass is 19.1. The Morgan fingerprint density at radius 3 is 2.94 bits per heavy atom. The third kappa shape index (κ3) is 1.68. The van der Waals surface area contributed by atoms with Crippen LogP contribution in [0.2, 0.25) is 0 Å². The highest BCUT2D eigenvalue weighted by molar-refractivity contribution is 5.60. The largest absolute Gasteiger partial charge is 0.326 e.